The zero-order valence-electron chi connectivity index (χ0n) is 13.6. The molecule has 5 heteroatoms. The van der Waals surface area contributed by atoms with E-state index in [0.717, 1.165) is 42.8 Å². The number of para-hydroxylation sites is 1. The van der Waals surface area contributed by atoms with Crippen LogP contribution in [0.4, 0.5) is 5.88 Å². The Morgan fingerprint density at radius 2 is 1.91 bits per heavy atom. The van der Waals surface area contributed by atoms with E-state index < -0.39 is 0 Å². The minimum atomic E-state index is 0.230. The second kappa shape index (κ2) is 6.74. The monoisotopic (exact) mass is 311 g/mol. The number of piperidine rings is 1. The lowest BCUT2D eigenvalue weighted by molar-refractivity contribution is 0.260. The molecular formula is C18H21N3O2. The molecule has 0 bridgehead atoms. The summed E-state index contributed by atoms with van der Waals surface area (Å²) in [6.07, 6.45) is 3.48. The molecule has 0 atom stereocenters. The van der Waals surface area contributed by atoms with Crippen molar-refractivity contribution in [1.29, 1.82) is 5.26 Å². The molecule has 0 radical (unpaired) electrons. The molecule has 0 saturated carbocycles. The zero-order chi connectivity index (χ0) is 16.2. The number of hydrogen-bond donors (Lipinski definition) is 0. The van der Waals surface area contributed by atoms with Gasteiger partial charge in [0, 0.05) is 13.1 Å². The molecule has 0 N–H and O–H groups in total. The van der Waals surface area contributed by atoms with Crippen LogP contribution >= 0.6 is 0 Å². The molecule has 3 rings (SSSR count). The molecule has 0 unspecified atom stereocenters. The van der Waals surface area contributed by atoms with E-state index in [0.29, 0.717) is 17.5 Å². The van der Waals surface area contributed by atoms with Gasteiger partial charge in [-0.25, -0.2) is 0 Å². The van der Waals surface area contributed by atoms with Gasteiger partial charge in [-0.3, -0.25) is 0 Å². The normalized spacial score (nSPS) is 14.6. The summed E-state index contributed by atoms with van der Waals surface area (Å²) in [5, 5.41) is 9.30. The number of hydrogen-bond acceptors (Lipinski definition) is 5. The third-order valence-corrected chi connectivity index (χ3v) is 4.15. The second-order valence-electron chi connectivity index (χ2n) is 5.93. The van der Waals surface area contributed by atoms with Crippen molar-refractivity contribution in [2.45, 2.75) is 39.7 Å². The van der Waals surface area contributed by atoms with E-state index in [1.165, 1.54) is 6.42 Å². The summed E-state index contributed by atoms with van der Waals surface area (Å²) >= 11 is 0. The van der Waals surface area contributed by atoms with Gasteiger partial charge in [0.15, 0.2) is 6.61 Å². The largest absolute Gasteiger partial charge is 0.483 e. The molecule has 1 aliphatic rings. The van der Waals surface area contributed by atoms with Crippen LogP contribution in [-0.2, 0) is 6.61 Å². The average molecular weight is 311 g/mol. The van der Waals surface area contributed by atoms with Crippen LogP contribution in [-0.4, -0.2) is 18.1 Å². The van der Waals surface area contributed by atoms with E-state index in [4.69, 9.17) is 9.15 Å². The lowest BCUT2D eigenvalue weighted by Crippen LogP contribution is -2.29. The van der Waals surface area contributed by atoms with Crippen LogP contribution in [0.5, 0.6) is 5.75 Å². The Balaban J connectivity index is 1.76. The summed E-state index contributed by atoms with van der Waals surface area (Å²) in [5.41, 5.74) is 2.51. The Hall–Kier alpha value is -2.48. The number of benzene rings is 1. The maximum Gasteiger partial charge on any atom is 0.236 e. The lowest BCUT2D eigenvalue weighted by atomic mass is 10.1. The van der Waals surface area contributed by atoms with Crippen molar-refractivity contribution >= 4 is 5.88 Å². The fourth-order valence-corrected chi connectivity index (χ4v) is 2.96. The van der Waals surface area contributed by atoms with Crippen LogP contribution in [0.1, 0.15) is 42.0 Å². The summed E-state index contributed by atoms with van der Waals surface area (Å²) < 4.78 is 11.7. The van der Waals surface area contributed by atoms with Crippen LogP contribution in [0, 0.1) is 25.2 Å². The first-order chi connectivity index (χ1) is 11.2. The Morgan fingerprint density at radius 1 is 1.22 bits per heavy atom. The van der Waals surface area contributed by atoms with Gasteiger partial charge in [0.2, 0.25) is 17.5 Å². The van der Waals surface area contributed by atoms with Crippen molar-refractivity contribution in [3.05, 3.63) is 40.9 Å². The van der Waals surface area contributed by atoms with Crippen molar-refractivity contribution in [1.82, 2.24) is 4.98 Å². The SMILES string of the molecule is Cc1cccc(C)c1OCc1nc(C#N)c(N2CCCCC2)o1. The summed E-state index contributed by atoms with van der Waals surface area (Å²) in [6, 6.07) is 8.16. The number of aromatic nitrogens is 1. The molecule has 2 aromatic rings. The smallest absolute Gasteiger partial charge is 0.236 e. The molecule has 1 aliphatic heterocycles. The van der Waals surface area contributed by atoms with E-state index in [-0.39, 0.29) is 6.61 Å². The first-order valence-corrected chi connectivity index (χ1v) is 8.03. The van der Waals surface area contributed by atoms with Crippen LogP contribution in [0.15, 0.2) is 22.6 Å². The Morgan fingerprint density at radius 3 is 2.57 bits per heavy atom. The van der Waals surface area contributed by atoms with Crippen LogP contribution < -0.4 is 9.64 Å². The number of anilines is 1. The molecule has 2 heterocycles. The third kappa shape index (κ3) is 3.31. The minimum absolute atomic E-state index is 0.230. The molecule has 0 amide bonds. The zero-order valence-corrected chi connectivity index (χ0v) is 13.6. The molecule has 5 nitrogen and oxygen atoms in total. The van der Waals surface area contributed by atoms with Crippen molar-refractivity contribution < 1.29 is 9.15 Å². The van der Waals surface area contributed by atoms with Gasteiger partial charge in [0.1, 0.15) is 11.8 Å². The highest BCUT2D eigenvalue weighted by Crippen LogP contribution is 2.27. The Labute approximate surface area is 136 Å². The number of aryl methyl sites for hydroxylation is 2. The highest BCUT2D eigenvalue weighted by atomic mass is 16.5. The maximum atomic E-state index is 9.30. The molecule has 23 heavy (non-hydrogen) atoms. The fraction of sp³-hybridized carbons (Fsp3) is 0.444. The molecule has 1 aromatic heterocycles. The van der Waals surface area contributed by atoms with E-state index in [9.17, 15) is 5.26 Å². The van der Waals surface area contributed by atoms with Crippen LogP contribution in [0.2, 0.25) is 0 Å². The van der Waals surface area contributed by atoms with E-state index in [1.54, 1.807) is 0 Å². The number of rotatable bonds is 4. The second-order valence-corrected chi connectivity index (χ2v) is 5.93. The van der Waals surface area contributed by atoms with E-state index in [1.807, 2.05) is 32.0 Å². The summed E-state index contributed by atoms with van der Waals surface area (Å²) in [6.45, 7) is 6.09. The van der Waals surface area contributed by atoms with E-state index in [2.05, 4.69) is 16.0 Å². The van der Waals surface area contributed by atoms with Gasteiger partial charge >= 0.3 is 0 Å². The molecule has 0 aliphatic carbocycles. The first kappa shape index (κ1) is 15.4. The first-order valence-electron chi connectivity index (χ1n) is 8.03. The summed E-state index contributed by atoms with van der Waals surface area (Å²) in [5.74, 6) is 1.89. The van der Waals surface area contributed by atoms with Crippen molar-refractivity contribution in [3.8, 4) is 11.8 Å². The average Bonchev–Trinajstić information content (AvgIpc) is 2.98. The predicted molar refractivity (Wildman–Crippen MR) is 87.5 cm³/mol. The topological polar surface area (TPSA) is 62.3 Å². The van der Waals surface area contributed by atoms with Crippen molar-refractivity contribution in [3.63, 3.8) is 0 Å². The fourth-order valence-electron chi connectivity index (χ4n) is 2.96. The van der Waals surface area contributed by atoms with Gasteiger partial charge < -0.3 is 14.1 Å². The summed E-state index contributed by atoms with van der Waals surface area (Å²) in [7, 11) is 0. The molecule has 0 spiro atoms. The van der Waals surface area contributed by atoms with Crippen LogP contribution in [0.3, 0.4) is 0 Å². The summed E-state index contributed by atoms with van der Waals surface area (Å²) in [4.78, 5) is 6.39. The number of oxazole rings is 1. The Kier molecular flexibility index (Phi) is 4.52. The number of nitrogens with zero attached hydrogens (tertiary/aromatic N) is 3. The van der Waals surface area contributed by atoms with Gasteiger partial charge in [-0.1, -0.05) is 18.2 Å². The number of nitriles is 1. The number of ether oxygens (including phenoxy) is 1. The molecule has 1 fully saturated rings. The quantitative estimate of drug-likeness (QED) is 0.861. The Bertz CT molecular complexity index is 704. The lowest BCUT2D eigenvalue weighted by Gasteiger charge is -2.25. The van der Waals surface area contributed by atoms with Gasteiger partial charge in [0.05, 0.1) is 0 Å². The van der Waals surface area contributed by atoms with Crippen LogP contribution in [0.25, 0.3) is 0 Å². The predicted octanol–water partition coefficient (Wildman–Crippen LogP) is 3.73. The van der Waals surface area contributed by atoms with Crippen molar-refractivity contribution in [2.24, 2.45) is 0 Å². The highest BCUT2D eigenvalue weighted by molar-refractivity contribution is 5.48. The molecule has 1 saturated heterocycles. The van der Waals surface area contributed by atoms with Gasteiger partial charge in [-0.2, -0.15) is 10.2 Å². The maximum absolute atomic E-state index is 9.30. The van der Waals surface area contributed by atoms with Gasteiger partial charge in [0.25, 0.3) is 0 Å². The van der Waals surface area contributed by atoms with Gasteiger partial charge in [-0.05, 0) is 44.2 Å². The molecule has 120 valence electrons. The minimum Gasteiger partial charge on any atom is -0.483 e. The third-order valence-electron chi connectivity index (χ3n) is 4.15. The molecular weight excluding hydrogens is 290 g/mol. The molecule has 1 aromatic carbocycles. The highest BCUT2D eigenvalue weighted by Gasteiger charge is 2.21. The van der Waals surface area contributed by atoms with Gasteiger partial charge in [-0.15, -0.1) is 0 Å². The standard InChI is InChI=1S/C18H21N3O2/c1-13-7-6-8-14(2)17(13)22-12-16-20-15(11-19)18(23-16)21-9-4-3-5-10-21/h6-8H,3-5,9-10,12H2,1-2H3. The van der Waals surface area contributed by atoms with E-state index >= 15 is 0 Å². The van der Waals surface area contributed by atoms with Crippen molar-refractivity contribution in [2.75, 3.05) is 18.0 Å².